The van der Waals surface area contributed by atoms with E-state index in [0.717, 1.165) is 25.9 Å². The summed E-state index contributed by atoms with van der Waals surface area (Å²) in [5.41, 5.74) is 9.12. The lowest BCUT2D eigenvalue weighted by Gasteiger charge is -2.37. The summed E-state index contributed by atoms with van der Waals surface area (Å²) >= 11 is 1.88. The Labute approximate surface area is 124 Å². The van der Waals surface area contributed by atoms with Gasteiger partial charge < -0.3 is 5.73 Å². The van der Waals surface area contributed by atoms with Gasteiger partial charge in [-0.25, -0.2) is 0 Å². The van der Waals surface area contributed by atoms with Crippen LogP contribution in [-0.2, 0) is 13.0 Å². The maximum Gasteiger partial charge on any atom is 0.0517 e. The minimum Gasteiger partial charge on any atom is -0.326 e. The summed E-state index contributed by atoms with van der Waals surface area (Å²) in [5, 5.41) is 2.20. The van der Waals surface area contributed by atoms with Crippen molar-refractivity contribution in [3.8, 4) is 0 Å². The van der Waals surface area contributed by atoms with Crippen LogP contribution in [0.3, 0.4) is 0 Å². The third-order valence-corrected chi connectivity index (χ3v) is 5.16. The third-order valence-electron chi connectivity index (χ3n) is 4.13. The van der Waals surface area contributed by atoms with Crippen molar-refractivity contribution >= 4 is 11.3 Å². The van der Waals surface area contributed by atoms with E-state index >= 15 is 0 Å². The first-order valence-electron chi connectivity index (χ1n) is 7.24. The molecule has 106 valence electrons. The Bertz CT molecular complexity index is 552. The van der Waals surface area contributed by atoms with E-state index in [-0.39, 0.29) is 12.1 Å². The van der Waals surface area contributed by atoms with Gasteiger partial charge in [0.05, 0.1) is 6.04 Å². The molecule has 0 aliphatic carbocycles. The van der Waals surface area contributed by atoms with Gasteiger partial charge in [-0.15, -0.1) is 11.3 Å². The molecule has 0 saturated heterocycles. The largest absolute Gasteiger partial charge is 0.326 e. The highest BCUT2D eigenvalue weighted by atomic mass is 32.1. The molecule has 2 aromatic rings. The maximum absolute atomic E-state index is 6.41. The van der Waals surface area contributed by atoms with E-state index in [0.29, 0.717) is 0 Å². The molecule has 2 unspecified atom stereocenters. The van der Waals surface area contributed by atoms with Crippen molar-refractivity contribution in [2.75, 3.05) is 6.54 Å². The number of thiophene rings is 1. The molecule has 1 aliphatic heterocycles. The molecule has 20 heavy (non-hydrogen) atoms. The number of hydrogen-bond acceptors (Lipinski definition) is 4. The maximum atomic E-state index is 6.41. The van der Waals surface area contributed by atoms with Gasteiger partial charge in [0.2, 0.25) is 0 Å². The number of pyridine rings is 1. The fraction of sp³-hybridized carbons (Fsp3) is 0.438. The van der Waals surface area contributed by atoms with Gasteiger partial charge in [-0.3, -0.25) is 9.88 Å². The second kappa shape index (κ2) is 6.04. The topological polar surface area (TPSA) is 42.1 Å². The Morgan fingerprint density at radius 3 is 3.10 bits per heavy atom. The molecule has 2 aromatic heterocycles. The lowest BCUT2D eigenvalue weighted by molar-refractivity contribution is 0.154. The molecule has 0 saturated carbocycles. The minimum atomic E-state index is 0.152. The standard InChI is InChI=1S/C16H21N3S/c1-2-14(17)16(12-4-3-7-18-10-12)19-8-5-15-13(11-19)6-9-20-15/h3-4,6-7,9-10,14,16H,2,5,8,11,17H2,1H3. The van der Waals surface area contributed by atoms with Crippen LogP contribution in [0.4, 0.5) is 0 Å². The Kier molecular flexibility index (Phi) is 4.15. The number of aromatic nitrogens is 1. The van der Waals surface area contributed by atoms with Crippen LogP contribution < -0.4 is 5.73 Å². The van der Waals surface area contributed by atoms with E-state index < -0.39 is 0 Å². The first-order valence-corrected chi connectivity index (χ1v) is 8.12. The summed E-state index contributed by atoms with van der Waals surface area (Å²) in [6.07, 6.45) is 5.90. The van der Waals surface area contributed by atoms with Crippen LogP contribution in [0.15, 0.2) is 36.0 Å². The van der Waals surface area contributed by atoms with Crippen molar-refractivity contribution < 1.29 is 0 Å². The van der Waals surface area contributed by atoms with Crippen molar-refractivity contribution in [3.05, 3.63) is 52.0 Å². The molecule has 0 spiro atoms. The molecule has 0 bridgehead atoms. The van der Waals surface area contributed by atoms with E-state index in [4.69, 9.17) is 5.73 Å². The molecule has 3 nitrogen and oxygen atoms in total. The highest BCUT2D eigenvalue weighted by molar-refractivity contribution is 7.10. The highest BCUT2D eigenvalue weighted by Gasteiger charge is 2.29. The third kappa shape index (κ3) is 2.64. The number of nitrogens with two attached hydrogens (primary N) is 1. The zero-order chi connectivity index (χ0) is 13.9. The molecule has 2 N–H and O–H groups in total. The predicted octanol–water partition coefficient (Wildman–Crippen LogP) is 2.98. The first kappa shape index (κ1) is 13.7. The number of fused-ring (bicyclic) bond motifs is 1. The average Bonchev–Trinajstić information content (AvgIpc) is 2.96. The Morgan fingerprint density at radius 2 is 2.35 bits per heavy atom. The van der Waals surface area contributed by atoms with Gasteiger partial charge in [0, 0.05) is 36.4 Å². The van der Waals surface area contributed by atoms with Crippen molar-refractivity contribution in [2.24, 2.45) is 5.73 Å². The van der Waals surface area contributed by atoms with Crippen LogP contribution in [0.25, 0.3) is 0 Å². The molecule has 1 aliphatic rings. The lowest BCUT2D eigenvalue weighted by atomic mass is 9.95. The second-order valence-corrected chi connectivity index (χ2v) is 6.39. The van der Waals surface area contributed by atoms with Gasteiger partial charge in [-0.2, -0.15) is 0 Å². The van der Waals surface area contributed by atoms with Crippen LogP contribution in [0.1, 0.15) is 35.4 Å². The Balaban J connectivity index is 1.87. The van der Waals surface area contributed by atoms with E-state index in [9.17, 15) is 0 Å². The molecule has 0 amide bonds. The molecule has 3 heterocycles. The van der Waals surface area contributed by atoms with Crippen molar-refractivity contribution in [3.63, 3.8) is 0 Å². The molecule has 2 atom stereocenters. The fourth-order valence-electron chi connectivity index (χ4n) is 3.01. The van der Waals surface area contributed by atoms with Gasteiger partial charge in [-0.05, 0) is 41.5 Å². The second-order valence-electron chi connectivity index (χ2n) is 5.39. The van der Waals surface area contributed by atoms with Crippen LogP contribution in [-0.4, -0.2) is 22.5 Å². The minimum absolute atomic E-state index is 0.152. The Hall–Kier alpha value is -1.23. The first-order chi connectivity index (χ1) is 9.79. The zero-order valence-corrected chi connectivity index (χ0v) is 12.6. The predicted molar refractivity (Wildman–Crippen MR) is 83.7 cm³/mol. The van der Waals surface area contributed by atoms with Gasteiger partial charge in [0.25, 0.3) is 0 Å². The van der Waals surface area contributed by atoms with Gasteiger partial charge in [0.1, 0.15) is 0 Å². The SMILES string of the molecule is CCC(N)C(c1cccnc1)N1CCc2sccc2C1. The monoisotopic (exact) mass is 287 g/mol. The summed E-state index contributed by atoms with van der Waals surface area (Å²) in [6, 6.07) is 6.83. The molecule has 3 rings (SSSR count). The van der Waals surface area contributed by atoms with E-state index in [1.54, 1.807) is 0 Å². The van der Waals surface area contributed by atoms with Crippen LogP contribution >= 0.6 is 11.3 Å². The van der Waals surface area contributed by atoms with Crippen LogP contribution in [0, 0.1) is 0 Å². The van der Waals surface area contributed by atoms with Gasteiger partial charge in [-0.1, -0.05) is 13.0 Å². The van der Waals surface area contributed by atoms with Crippen molar-refractivity contribution in [1.29, 1.82) is 0 Å². The summed E-state index contributed by atoms with van der Waals surface area (Å²) in [6.45, 7) is 4.25. The summed E-state index contributed by atoms with van der Waals surface area (Å²) < 4.78 is 0. The lowest BCUT2D eigenvalue weighted by Crippen LogP contribution is -2.43. The van der Waals surface area contributed by atoms with Gasteiger partial charge in [0.15, 0.2) is 0 Å². The van der Waals surface area contributed by atoms with E-state index in [2.05, 4.69) is 34.3 Å². The van der Waals surface area contributed by atoms with Gasteiger partial charge >= 0.3 is 0 Å². The van der Waals surface area contributed by atoms with Crippen LogP contribution in [0.2, 0.25) is 0 Å². The Morgan fingerprint density at radius 1 is 1.45 bits per heavy atom. The fourth-order valence-corrected chi connectivity index (χ4v) is 3.90. The molecule has 4 heteroatoms. The van der Waals surface area contributed by atoms with Crippen molar-refractivity contribution in [1.82, 2.24) is 9.88 Å². The van der Waals surface area contributed by atoms with E-state index in [1.807, 2.05) is 29.8 Å². The molecular formula is C16H21N3S. The summed E-state index contributed by atoms with van der Waals surface area (Å²) in [7, 11) is 0. The molecular weight excluding hydrogens is 266 g/mol. The van der Waals surface area contributed by atoms with Crippen LogP contribution in [0.5, 0.6) is 0 Å². The summed E-state index contributed by atoms with van der Waals surface area (Å²) in [5.74, 6) is 0. The smallest absolute Gasteiger partial charge is 0.0517 e. The number of hydrogen-bond donors (Lipinski definition) is 1. The normalized spacial score (nSPS) is 18.5. The van der Waals surface area contributed by atoms with E-state index in [1.165, 1.54) is 16.0 Å². The number of nitrogens with zero attached hydrogens (tertiary/aromatic N) is 2. The highest BCUT2D eigenvalue weighted by Crippen LogP contribution is 2.32. The molecule has 0 radical (unpaired) electrons. The quantitative estimate of drug-likeness (QED) is 0.940. The molecule has 0 aromatic carbocycles. The van der Waals surface area contributed by atoms with Crippen molar-refractivity contribution in [2.45, 2.75) is 38.4 Å². The zero-order valence-electron chi connectivity index (χ0n) is 11.8. The number of rotatable bonds is 4. The molecule has 0 fully saturated rings. The summed E-state index contributed by atoms with van der Waals surface area (Å²) in [4.78, 5) is 8.32. The average molecular weight is 287 g/mol.